The van der Waals surface area contributed by atoms with Crippen molar-refractivity contribution in [3.63, 3.8) is 0 Å². The lowest BCUT2D eigenvalue weighted by atomic mass is 9.92. The van der Waals surface area contributed by atoms with Gasteiger partial charge in [0.15, 0.2) is 0 Å². The molecule has 0 aromatic heterocycles. The van der Waals surface area contributed by atoms with Crippen molar-refractivity contribution >= 4 is 36.0 Å². The molecule has 3 atom stereocenters. The largest absolute Gasteiger partial charge is 0.337 e. The quantitative estimate of drug-likeness (QED) is 0.844. The Morgan fingerprint density at radius 3 is 2.67 bits per heavy atom. The number of likely N-dealkylation sites (tertiary alicyclic amines) is 1. The number of thioether (sulfide) groups is 1. The van der Waals surface area contributed by atoms with Gasteiger partial charge in [0.05, 0.1) is 5.88 Å². The molecule has 0 saturated carbocycles. The average molecular weight is 336 g/mol. The predicted octanol–water partition coefficient (Wildman–Crippen LogP) is 1.31. The number of hydrogen-bond acceptors (Lipinski definition) is 4. The van der Waals surface area contributed by atoms with E-state index in [9.17, 15) is 9.59 Å². The molecule has 2 rings (SSSR count). The maximum Gasteiger partial charge on any atom is 0.246 e. The number of nitrogens with two attached hydrogens (primary N) is 1. The van der Waals surface area contributed by atoms with E-state index >= 15 is 0 Å². The molecular formula is C14H26ClN3O2S. The number of halogens is 1. The molecule has 7 heteroatoms. The first kappa shape index (κ1) is 18.6. The van der Waals surface area contributed by atoms with Gasteiger partial charge in [0.2, 0.25) is 11.8 Å². The fraction of sp³-hybridized carbons (Fsp3) is 0.857. The highest BCUT2D eigenvalue weighted by Gasteiger charge is 2.39. The Balaban J connectivity index is 0.00000220. The standard InChI is InChI=1S/C14H25N3O2S.ClH/c1-3-13(18)17-9-20-8-12(17)14(19)16-5-4-10(2)6-11(16)7-15;/h10-12H,3-9,15H2,1-2H3;1H. The molecule has 2 heterocycles. The minimum atomic E-state index is -0.282. The molecular weight excluding hydrogens is 310 g/mol. The van der Waals surface area contributed by atoms with E-state index in [0.717, 1.165) is 19.4 Å². The summed E-state index contributed by atoms with van der Waals surface area (Å²) in [5.74, 6) is 2.15. The van der Waals surface area contributed by atoms with Crippen LogP contribution in [-0.4, -0.2) is 58.4 Å². The molecule has 21 heavy (non-hydrogen) atoms. The van der Waals surface area contributed by atoms with E-state index in [1.807, 2.05) is 11.8 Å². The van der Waals surface area contributed by atoms with Gasteiger partial charge in [0.25, 0.3) is 0 Å². The van der Waals surface area contributed by atoms with Crippen molar-refractivity contribution in [2.75, 3.05) is 24.7 Å². The van der Waals surface area contributed by atoms with Crippen LogP contribution in [0.15, 0.2) is 0 Å². The second kappa shape index (κ2) is 8.25. The molecule has 0 aromatic carbocycles. The molecule has 2 aliphatic heterocycles. The van der Waals surface area contributed by atoms with Gasteiger partial charge in [-0.05, 0) is 18.8 Å². The van der Waals surface area contributed by atoms with E-state index in [1.54, 1.807) is 16.7 Å². The van der Waals surface area contributed by atoms with Gasteiger partial charge in [-0.3, -0.25) is 9.59 Å². The SMILES string of the molecule is CCC(=O)N1CSCC1C(=O)N1CCC(C)CC1CN.Cl. The summed E-state index contributed by atoms with van der Waals surface area (Å²) in [6.07, 6.45) is 2.47. The lowest BCUT2D eigenvalue weighted by Gasteiger charge is -2.40. The molecule has 2 N–H and O–H groups in total. The van der Waals surface area contributed by atoms with Crippen LogP contribution in [0.4, 0.5) is 0 Å². The van der Waals surface area contributed by atoms with E-state index in [0.29, 0.717) is 30.5 Å². The van der Waals surface area contributed by atoms with Gasteiger partial charge in [-0.1, -0.05) is 13.8 Å². The molecule has 2 saturated heterocycles. The molecule has 0 bridgehead atoms. The van der Waals surface area contributed by atoms with Gasteiger partial charge in [-0.25, -0.2) is 0 Å². The van der Waals surface area contributed by atoms with Crippen molar-refractivity contribution in [1.82, 2.24) is 9.80 Å². The summed E-state index contributed by atoms with van der Waals surface area (Å²) < 4.78 is 0. The summed E-state index contributed by atoms with van der Waals surface area (Å²) in [4.78, 5) is 28.4. The van der Waals surface area contributed by atoms with Crippen LogP contribution in [0.1, 0.15) is 33.1 Å². The number of amides is 2. The van der Waals surface area contributed by atoms with E-state index in [1.165, 1.54) is 0 Å². The molecule has 5 nitrogen and oxygen atoms in total. The van der Waals surface area contributed by atoms with Crippen LogP contribution in [0.5, 0.6) is 0 Å². The van der Waals surface area contributed by atoms with Crippen molar-refractivity contribution in [3.05, 3.63) is 0 Å². The topological polar surface area (TPSA) is 66.6 Å². The van der Waals surface area contributed by atoms with Crippen LogP contribution in [0.25, 0.3) is 0 Å². The van der Waals surface area contributed by atoms with Crippen molar-refractivity contribution in [2.45, 2.75) is 45.2 Å². The minimum absolute atomic E-state index is 0. The first-order valence-electron chi connectivity index (χ1n) is 7.46. The van der Waals surface area contributed by atoms with Gasteiger partial charge in [-0.15, -0.1) is 24.2 Å². The molecule has 2 fully saturated rings. The molecule has 0 aliphatic carbocycles. The number of nitrogens with zero attached hydrogens (tertiary/aromatic N) is 2. The van der Waals surface area contributed by atoms with Gasteiger partial charge in [-0.2, -0.15) is 0 Å². The second-order valence-electron chi connectivity index (χ2n) is 5.78. The third kappa shape index (κ3) is 4.05. The third-order valence-corrected chi connectivity index (χ3v) is 5.34. The molecule has 2 aliphatic rings. The van der Waals surface area contributed by atoms with Gasteiger partial charge < -0.3 is 15.5 Å². The molecule has 0 aromatic rings. The number of carbonyl (C=O) groups is 2. The molecule has 0 radical (unpaired) electrons. The number of piperidine rings is 1. The molecule has 0 spiro atoms. The zero-order valence-electron chi connectivity index (χ0n) is 12.8. The Morgan fingerprint density at radius 2 is 2.05 bits per heavy atom. The number of hydrogen-bond donors (Lipinski definition) is 1. The van der Waals surface area contributed by atoms with Crippen LogP contribution in [0, 0.1) is 5.92 Å². The van der Waals surface area contributed by atoms with E-state index in [-0.39, 0.29) is 36.3 Å². The van der Waals surface area contributed by atoms with Crippen LogP contribution in [-0.2, 0) is 9.59 Å². The summed E-state index contributed by atoms with van der Waals surface area (Å²) in [5.41, 5.74) is 5.83. The monoisotopic (exact) mass is 335 g/mol. The van der Waals surface area contributed by atoms with Gasteiger partial charge in [0.1, 0.15) is 6.04 Å². The lowest BCUT2D eigenvalue weighted by molar-refractivity contribution is -0.146. The average Bonchev–Trinajstić information content (AvgIpc) is 2.94. The van der Waals surface area contributed by atoms with Crippen molar-refractivity contribution in [3.8, 4) is 0 Å². The Kier molecular flexibility index (Phi) is 7.30. The van der Waals surface area contributed by atoms with E-state index < -0.39 is 0 Å². The Bertz CT molecular complexity index is 383. The fourth-order valence-corrected chi connectivity index (χ4v) is 4.22. The second-order valence-corrected chi connectivity index (χ2v) is 6.78. The summed E-state index contributed by atoms with van der Waals surface area (Å²) in [6.45, 7) is 5.34. The fourth-order valence-electron chi connectivity index (χ4n) is 3.05. The third-order valence-electron chi connectivity index (χ3n) is 4.32. The Morgan fingerprint density at radius 1 is 1.33 bits per heavy atom. The molecule has 3 unspecified atom stereocenters. The highest BCUT2D eigenvalue weighted by atomic mass is 35.5. The van der Waals surface area contributed by atoms with E-state index in [4.69, 9.17) is 5.73 Å². The van der Waals surface area contributed by atoms with Crippen LogP contribution < -0.4 is 5.73 Å². The maximum absolute atomic E-state index is 12.8. The summed E-state index contributed by atoms with van der Waals surface area (Å²) >= 11 is 1.66. The van der Waals surface area contributed by atoms with Crippen LogP contribution >= 0.6 is 24.2 Å². The predicted molar refractivity (Wildman–Crippen MR) is 88.5 cm³/mol. The van der Waals surface area contributed by atoms with Gasteiger partial charge >= 0.3 is 0 Å². The highest BCUT2D eigenvalue weighted by Crippen LogP contribution is 2.27. The van der Waals surface area contributed by atoms with Crippen molar-refractivity contribution in [2.24, 2.45) is 11.7 Å². The smallest absolute Gasteiger partial charge is 0.246 e. The lowest BCUT2D eigenvalue weighted by Crippen LogP contribution is -2.56. The zero-order valence-corrected chi connectivity index (χ0v) is 14.4. The van der Waals surface area contributed by atoms with Crippen molar-refractivity contribution < 1.29 is 9.59 Å². The molecule has 122 valence electrons. The molecule has 2 amide bonds. The number of rotatable bonds is 3. The Labute approximate surface area is 137 Å². The summed E-state index contributed by atoms with van der Waals surface area (Å²) in [6, 6.07) is -0.148. The summed E-state index contributed by atoms with van der Waals surface area (Å²) in [5, 5.41) is 0. The first-order chi connectivity index (χ1) is 9.58. The zero-order chi connectivity index (χ0) is 14.7. The van der Waals surface area contributed by atoms with E-state index in [2.05, 4.69) is 6.92 Å². The van der Waals surface area contributed by atoms with Crippen molar-refractivity contribution in [1.29, 1.82) is 0 Å². The highest BCUT2D eigenvalue weighted by molar-refractivity contribution is 7.99. The first-order valence-corrected chi connectivity index (χ1v) is 8.61. The van der Waals surface area contributed by atoms with Crippen LogP contribution in [0.2, 0.25) is 0 Å². The Hall–Kier alpha value is -0.460. The normalized spacial score (nSPS) is 29.2. The summed E-state index contributed by atoms with van der Waals surface area (Å²) in [7, 11) is 0. The van der Waals surface area contributed by atoms with Crippen LogP contribution in [0.3, 0.4) is 0 Å². The minimum Gasteiger partial charge on any atom is -0.337 e. The number of carbonyl (C=O) groups excluding carboxylic acids is 2. The maximum atomic E-state index is 12.8. The van der Waals surface area contributed by atoms with Gasteiger partial charge in [0, 0.05) is 31.3 Å².